The van der Waals surface area contributed by atoms with Crippen molar-refractivity contribution < 1.29 is 39.7 Å². The average molecular weight is 421 g/mol. The van der Waals surface area contributed by atoms with E-state index in [4.69, 9.17) is 4.74 Å². The molecular formula is C16H18F7NO2S. The van der Waals surface area contributed by atoms with Crippen LogP contribution in [0, 0.1) is 11.7 Å². The maximum absolute atomic E-state index is 14.4. The van der Waals surface area contributed by atoms with Crippen LogP contribution in [0.25, 0.3) is 0 Å². The molecule has 154 valence electrons. The quantitative estimate of drug-likeness (QED) is 0.660. The van der Waals surface area contributed by atoms with Crippen molar-refractivity contribution in [3.05, 3.63) is 23.5 Å². The summed E-state index contributed by atoms with van der Waals surface area (Å²) in [4.78, 5) is 1.10. The molecule has 1 fully saturated rings. The van der Waals surface area contributed by atoms with Crippen LogP contribution in [0.2, 0.25) is 0 Å². The van der Waals surface area contributed by atoms with Crippen molar-refractivity contribution in [1.29, 1.82) is 0 Å². The zero-order chi connectivity index (χ0) is 20.4. The summed E-state index contributed by atoms with van der Waals surface area (Å²) in [6.45, 7) is -0.446. The van der Waals surface area contributed by atoms with Crippen LogP contribution >= 0.6 is 0 Å². The smallest absolute Gasteiger partial charge is 0.380 e. The van der Waals surface area contributed by atoms with Crippen LogP contribution in [0.15, 0.2) is 17.0 Å². The first-order valence-corrected chi connectivity index (χ1v) is 9.32. The summed E-state index contributed by atoms with van der Waals surface area (Å²) < 4.78 is 107. The average Bonchev–Trinajstić information content (AvgIpc) is 2.53. The Labute approximate surface area is 153 Å². The number of ether oxygens (including phenoxy) is 1. The van der Waals surface area contributed by atoms with E-state index in [0.717, 1.165) is 12.1 Å². The van der Waals surface area contributed by atoms with Gasteiger partial charge in [-0.3, -0.25) is 4.21 Å². The molecule has 0 aliphatic carbocycles. The van der Waals surface area contributed by atoms with Gasteiger partial charge in [0.1, 0.15) is 11.6 Å². The van der Waals surface area contributed by atoms with E-state index in [1.807, 2.05) is 0 Å². The topological polar surface area (TPSA) is 29.5 Å². The second kappa shape index (κ2) is 8.34. The summed E-state index contributed by atoms with van der Waals surface area (Å²) in [6.07, 6.45) is -9.52. The molecule has 0 N–H and O–H groups in total. The third-order valence-corrected chi connectivity index (χ3v) is 5.73. The Hall–Kier alpha value is -1.36. The van der Waals surface area contributed by atoms with Gasteiger partial charge in [-0.2, -0.15) is 26.3 Å². The first kappa shape index (κ1) is 21.9. The van der Waals surface area contributed by atoms with Crippen molar-refractivity contribution in [1.82, 2.24) is 0 Å². The van der Waals surface area contributed by atoms with Crippen molar-refractivity contribution in [3.8, 4) is 0 Å². The molecule has 1 aromatic carbocycles. The number of methoxy groups -OCH3 is 1. The third kappa shape index (κ3) is 5.81. The largest absolute Gasteiger partial charge is 0.400 e. The van der Waals surface area contributed by atoms with Crippen LogP contribution in [0.5, 0.6) is 0 Å². The van der Waals surface area contributed by atoms with E-state index >= 15 is 0 Å². The molecule has 1 aromatic rings. The molecule has 0 amide bonds. The highest BCUT2D eigenvalue weighted by Crippen LogP contribution is 2.37. The van der Waals surface area contributed by atoms with E-state index < -0.39 is 40.6 Å². The molecule has 0 spiro atoms. The summed E-state index contributed by atoms with van der Waals surface area (Å²) in [7, 11) is -1.23. The number of halogens is 7. The number of hydrogen-bond acceptors (Lipinski definition) is 3. The second-order valence-corrected chi connectivity index (χ2v) is 7.67. The van der Waals surface area contributed by atoms with Gasteiger partial charge in [0.2, 0.25) is 0 Å². The van der Waals surface area contributed by atoms with Crippen molar-refractivity contribution in [2.24, 2.45) is 5.92 Å². The highest BCUT2D eigenvalue weighted by Gasteiger charge is 2.41. The van der Waals surface area contributed by atoms with E-state index in [2.05, 4.69) is 0 Å². The Morgan fingerprint density at radius 2 is 1.74 bits per heavy atom. The van der Waals surface area contributed by atoms with Crippen molar-refractivity contribution in [2.75, 3.05) is 30.9 Å². The Morgan fingerprint density at radius 1 is 1.15 bits per heavy atom. The molecule has 0 aromatic heterocycles. The molecule has 11 heteroatoms. The Bertz CT molecular complexity index is 683. The summed E-state index contributed by atoms with van der Waals surface area (Å²) in [5.41, 5.74) is -0.146. The van der Waals surface area contributed by atoms with Crippen LogP contribution in [-0.4, -0.2) is 42.5 Å². The Morgan fingerprint density at radius 3 is 2.22 bits per heavy atom. The molecule has 0 radical (unpaired) electrons. The monoisotopic (exact) mass is 421 g/mol. The number of anilines is 1. The third-order valence-electron chi connectivity index (χ3n) is 4.27. The molecule has 1 aliphatic heterocycles. The summed E-state index contributed by atoms with van der Waals surface area (Å²) in [5.74, 6) is -3.91. The lowest BCUT2D eigenvalue weighted by atomic mass is 9.96. The first-order valence-electron chi connectivity index (χ1n) is 8.00. The number of rotatable bonds is 5. The predicted octanol–water partition coefficient (Wildman–Crippen LogP) is 4.42. The minimum absolute atomic E-state index is 0.00603. The van der Waals surface area contributed by atoms with Gasteiger partial charge in [0, 0.05) is 25.1 Å². The number of alkyl halides is 6. The van der Waals surface area contributed by atoms with Gasteiger partial charge in [-0.05, 0) is 30.5 Å². The number of benzene rings is 1. The van der Waals surface area contributed by atoms with E-state index in [-0.39, 0.29) is 48.7 Å². The van der Waals surface area contributed by atoms with Gasteiger partial charge in [-0.15, -0.1) is 0 Å². The predicted molar refractivity (Wildman–Crippen MR) is 85.4 cm³/mol. The van der Waals surface area contributed by atoms with Crippen molar-refractivity contribution in [3.63, 3.8) is 0 Å². The summed E-state index contributed by atoms with van der Waals surface area (Å²) >= 11 is 0. The maximum Gasteiger partial charge on any atom is 0.400 e. The lowest BCUT2D eigenvalue weighted by Crippen LogP contribution is -2.39. The van der Waals surface area contributed by atoms with Gasteiger partial charge in [0.25, 0.3) is 0 Å². The zero-order valence-corrected chi connectivity index (χ0v) is 15.1. The standard InChI is InChI=1S/C16H18F7NO2S/c1-26-8-10-6-12(17)13(7-14(10)27(25)9-15(18,19)20)24-4-2-11(3-5-24)16(21,22)23/h6-7,11H,2-5,8-9H2,1H3. The molecule has 1 heterocycles. The minimum Gasteiger partial charge on any atom is -0.380 e. The molecule has 2 rings (SSSR count). The van der Waals surface area contributed by atoms with Gasteiger partial charge >= 0.3 is 12.4 Å². The van der Waals surface area contributed by atoms with E-state index in [0.29, 0.717) is 0 Å². The van der Waals surface area contributed by atoms with E-state index in [1.54, 1.807) is 0 Å². The summed E-state index contributed by atoms with van der Waals surface area (Å²) in [5, 5.41) is 0. The molecule has 27 heavy (non-hydrogen) atoms. The first-order chi connectivity index (χ1) is 12.4. The molecule has 1 unspecified atom stereocenters. The van der Waals surface area contributed by atoms with Gasteiger partial charge < -0.3 is 9.64 Å². The normalized spacial score (nSPS) is 18.0. The maximum atomic E-state index is 14.4. The van der Waals surface area contributed by atoms with Crippen molar-refractivity contribution in [2.45, 2.75) is 36.7 Å². The molecule has 0 saturated carbocycles. The Balaban J connectivity index is 2.30. The SMILES string of the molecule is COCc1cc(F)c(N2CCC(C(F)(F)F)CC2)cc1S(=O)CC(F)(F)F. The minimum atomic E-state index is -4.69. The number of hydrogen-bond donors (Lipinski definition) is 0. The highest BCUT2D eigenvalue weighted by atomic mass is 32.2. The van der Waals surface area contributed by atoms with E-state index in [9.17, 15) is 34.9 Å². The highest BCUT2D eigenvalue weighted by molar-refractivity contribution is 7.85. The molecule has 1 aliphatic rings. The van der Waals surface area contributed by atoms with Gasteiger partial charge in [0.05, 0.1) is 29.0 Å². The second-order valence-electron chi connectivity index (χ2n) is 6.25. The molecule has 1 atom stereocenters. The summed E-state index contributed by atoms with van der Waals surface area (Å²) in [6, 6.07) is 1.96. The number of piperidine rings is 1. The lowest BCUT2D eigenvalue weighted by molar-refractivity contribution is -0.179. The van der Waals surface area contributed by atoms with Crippen LogP contribution in [-0.2, 0) is 22.1 Å². The zero-order valence-electron chi connectivity index (χ0n) is 14.3. The Kier molecular flexibility index (Phi) is 6.77. The fourth-order valence-electron chi connectivity index (χ4n) is 2.98. The van der Waals surface area contributed by atoms with Gasteiger partial charge in [-0.1, -0.05) is 0 Å². The van der Waals surface area contributed by atoms with Crippen LogP contribution in [0.1, 0.15) is 18.4 Å². The molecule has 0 bridgehead atoms. The van der Waals surface area contributed by atoms with Gasteiger partial charge in [-0.25, -0.2) is 4.39 Å². The molecular weight excluding hydrogens is 403 g/mol. The molecule has 3 nitrogen and oxygen atoms in total. The fraction of sp³-hybridized carbons (Fsp3) is 0.625. The van der Waals surface area contributed by atoms with Crippen molar-refractivity contribution >= 4 is 16.5 Å². The van der Waals surface area contributed by atoms with Crippen LogP contribution in [0.4, 0.5) is 36.4 Å². The van der Waals surface area contributed by atoms with Gasteiger partial charge in [0.15, 0.2) is 0 Å². The number of nitrogens with zero attached hydrogens (tertiary/aromatic N) is 1. The van der Waals surface area contributed by atoms with Crippen LogP contribution in [0.3, 0.4) is 0 Å². The fourth-order valence-corrected chi connectivity index (χ4v) is 4.09. The molecule has 1 saturated heterocycles. The van der Waals surface area contributed by atoms with Crippen LogP contribution < -0.4 is 4.90 Å². The lowest BCUT2D eigenvalue weighted by Gasteiger charge is -2.34. The van der Waals surface area contributed by atoms with E-state index in [1.165, 1.54) is 12.0 Å².